The molecular weight excluding hydrogens is 177 g/mol. The summed E-state index contributed by atoms with van der Waals surface area (Å²) in [5.74, 6) is -0.803. The second kappa shape index (κ2) is 7.04. The summed E-state index contributed by atoms with van der Waals surface area (Å²) in [4.78, 5) is 20.9. The summed E-state index contributed by atoms with van der Waals surface area (Å²) >= 11 is 0. The maximum atomic E-state index is 10.8. The smallest absolute Gasteiger partial charge is 0.303 e. The molecule has 1 unspecified atom stereocenters. The molecule has 0 spiro atoms. The highest BCUT2D eigenvalue weighted by Gasteiger charge is 1.99. The summed E-state index contributed by atoms with van der Waals surface area (Å²) in [5.41, 5.74) is 0. The van der Waals surface area contributed by atoms with Crippen LogP contribution in [0.25, 0.3) is 0 Å². The van der Waals surface area contributed by atoms with Crippen molar-refractivity contribution in [1.29, 1.82) is 0 Å². The fourth-order valence-corrected chi connectivity index (χ4v) is 1.14. The van der Waals surface area contributed by atoms with Crippen molar-refractivity contribution >= 4 is 20.5 Å². The molecule has 70 valence electrons. The Morgan fingerprint density at radius 2 is 2.17 bits per heavy atom. The minimum Gasteiger partial charge on any atom is -0.481 e. The lowest BCUT2D eigenvalue weighted by Gasteiger charge is -2.01. The van der Waals surface area contributed by atoms with E-state index >= 15 is 0 Å². The number of carboxylic acids is 1. The monoisotopic (exact) mass is 191 g/mol. The third-order valence-corrected chi connectivity index (χ3v) is 1.90. The van der Waals surface area contributed by atoms with E-state index in [2.05, 4.69) is 5.32 Å². The molecule has 1 amide bonds. The minimum atomic E-state index is -0.818. The van der Waals surface area contributed by atoms with Gasteiger partial charge in [0.25, 0.3) is 0 Å². The summed E-state index contributed by atoms with van der Waals surface area (Å²) in [6.07, 6.45) is 1.18. The molecule has 0 fully saturated rings. The Balaban J connectivity index is 3.19. The summed E-state index contributed by atoms with van der Waals surface area (Å²) in [6, 6.07) is 0. The predicted octanol–water partition coefficient (Wildman–Crippen LogP) is 0.276. The molecule has 0 aromatic heterocycles. The predicted molar refractivity (Wildman–Crippen MR) is 49.0 cm³/mol. The van der Waals surface area contributed by atoms with Crippen LogP contribution in [0.1, 0.15) is 12.8 Å². The van der Waals surface area contributed by atoms with Gasteiger partial charge >= 0.3 is 5.97 Å². The van der Waals surface area contributed by atoms with Gasteiger partial charge in [0.2, 0.25) is 5.91 Å². The van der Waals surface area contributed by atoms with Crippen LogP contribution in [0, 0.1) is 0 Å². The van der Waals surface area contributed by atoms with Crippen LogP contribution in [0.5, 0.6) is 0 Å². The zero-order valence-electron chi connectivity index (χ0n) is 7.09. The van der Waals surface area contributed by atoms with Crippen LogP contribution in [0.3, 0.4) is 0 Å². The molecule has 0 aromatic rings. The van der Waals surface area contributed by atoms with Crippen LogP contribution < -0.4 is 5.32 Å². The first-order valence-corrected chi connectivity index (χ1v) is 5.50. The quantitative estimate of drug-likeness (QED) is 0.468. The molecule has 1 atom stereocenters. The lowest BCUT2D eigenvalue weighted by atomic mass is 10.3. The van der Waals surface area contributed by atoms with Crippen molar-refractivity contribution in [3.05, 3.63) is 0 Å². The van der Waals surface area contributed by atoms with Gasteiger partial charge in [-0.05, 0) is 13.1 Å². The van der Waals surface area contributed by atoms with Gasteiger partial charge < -0.3 is 10.4 Å². The molecular formula is C7H14NO3P. The number of hydrogen-bond acceptors (Lipinski definition) is 2. The highest BCUT2D eigenvalue weighted by molar-refractivity contribution is 7.38. The number of amides is 1. The third kappa shape index (κ3) is 7.48. The first-order chi connectivity index (χ1) is 5.66. The zero-order chi connectivity index (χ0) is 9.40. The lowest BCUT2D eigenvalue weighted by Crippen LogP contribution is -2.26. The van der Waals surface area contributed by atoms with Crippen LogP contribution in [-0.4, -0.2) is 36.4 Å². The Morgan fingerprint density at radius 3 is 2.67 bits per heavy atom. The molecule has 0 aromatic carbocycles. The van der Waals surface area contributed by atoms with Gasteiger partial charge in [0.1, 0.15) is 0 Å². The summed E-state index contributed by atoms with van der Waals surface area (Å²) in [5, 5.41) is 10.9. The first kappa shape index (κ1) is 11.4. The molecule has 0 saturated heterocycles. The number of carboxylic acid groups (broad SMARTS) is 1. The Hall–Kier alpha value is -0.630. The maximum absolute atomic E-state index is 10.8. The Kier molecular flexibility index (Phi) is 6.67. The van der Waals surface area contributed by atoms with Crippen molar-refractivity contribution in [2.24, 2.45) is 0 Å². The molecule has 0 aliphatic carbocycles. The van der Waals surface area contributed by atoms with Gasteiger partial charge in [-0.2, -0.15) is 0 Å². The summed E-state index contributed by atoms with van der Waals surface area (Å²) < 4.78 is 0. The topological polar surface area (TPSA) is 66.4 Å². The molecule has 0 aliphatic heterocycles. The largest absolute Gasteiger partial charge is 0.481 e. The van der Waals surface area contributed by atoms with Crippen molar-refractivity contribution in [2.45, 2.75) is 12.8 Å². The van der Waals surface area contributed by atoms with Gasteiger partial charge in [-0.15, -0.1) is 8.58 Å². The van der Waals surface area contributed by atoms with Crippen molar-refractivity contribution in [3.8, 4) is 0 Å². The number of nitrogens with one attached hydrogen (secondary N) is 1. The van der Waals surface area contributed by atoms with Crippen LogP contribution in [0.15, 0.2) is 0 Å². The van der Waals surface area contributed by atoms with E-state index in [1.807, 2.05) is 6.66 Å². The SMILES string of the molecule is CPCC(=O)NCCCC(=O)O. The molecule has 4 nitrogen and oxygen atoms in total. The van der Waals surface area contributed by atoms with E-state index in [1.54, 1.807) is 0 Å². The van der Waals surface area contributed by atoms with Crippen LogP contribution in [0.4, 0.5) is 0 Å². The molecule has 0 aliphatic rings. The second-order valence-electron chi connectivity index (χ2n) is 2.38. The molecule has 0 heterocycles. The van der Waals surface area contributed by atoms with E-state index in [-0.39, 0.29) is 12.3 Å². The Morgan fingerprint density at radius 1 is 1.50 bits per heavy atom. The molecule has 0 bridgehead atoms. The number of aliphatic carboxylic acids is 1. The third-order valence-electron chi connectivity index (χ3n) is 1.23. The van der Waals surface area contributed by atoms with Crippen LogP contribution in [0.2, 0.25) is 0 Å². The Labute approximate surface area is 73.5 Å². The molecule has 0 radical (unpaired) electrons. The number of rotatable bonds is 6. The van der Waals surface area contributed by atoms with Gasteiger partial charge in [-0.3, -0.25) is 9.59 Å². The molecule has 0 saturated carbocycles. The minimum absolute atomic E-state index is 0.0150. The van der Waals surface area contributed by atoms with Crippen molar-refractivity contribution in [2.75, 3.05) is 19.4 Å². The Bertz CT molecular complexity index is 161. The lowest BCUT2D eigenvalue weighted by molar-refractivity contribution is -0.137. The molecule has 0 rings (SSSR count). The first-order valence-electron chi connectivity index (χ1n) is 3.80. The number of carbonyl (C=O) groups excluding carboxylic acids is 1. The van der Waals surface area contributed by atoms with Crippen LogP contribution >= 0.6 is 8.58 Å². The van der Waals surface area contributed by atoms with Crippen LogP contribution in [-0.2, 0) is 9.59 Å². The van der Waals surface area contributed by atoms with Gasteiger partial charge in [0, 0.05) is 19.1 Å². The average Bonchev–Trinajstić information content (AvgIpc) is 1.98. The second-order valence-corrected chi connectivity index (χ2v) is 3.44. The standard InChI is InChI=1S/C7H14NO3P/c1-12-5-6(9)8-4-2-3-7(10)11/h12H,2-5H2,1H3,(H,8,9)(H,10,11). The van der Waals surface area contributed by atoms with E-state index in [0.29, 0.717) is 27.7 Å². The van der Waals surface area contributed by atoms with Crippen molar-refractivity contribution in [1.82, 2.24) is 5.32 Å². The highest BCUT2D eigenvalue weighted by atomic mass is 31.1. The molecule has 12 heavy (non-hydrogen) atoms. The van der Waals surface area contributed by atoms with E-state index in [1.165, 1.54) is 0 Å². The normalized spacial score (nSPS) is 10.4. The van der Waals surface area contributed by atoms with E-state index < -0.39 is 5.97 Å². The van der Waals surface area contributed by atoms with Gasteiger partial charge in [-0.1, -0.05) is 0 Å². The summed E-state index contributed by atoms with van der Waals surface area (Å²) in [7, 11) is 0.617. The highest BCUT2D eigenvalue weighted by Crippen LogP contribution is 1.99. The summed E-state index contributed by atoms with van der Waals surface area (Å²) in [6.45, 7) is 2.42. The van der Waals surface area contributed by atoms with Crippen molar-refractivity contribution < 1.29 is 14.7 Å². The fraction of sp³-hybridized carbons (Fsp3) is 0.714. The molecule has 5 heteroatoms. The van der Waals surface area contributed by atoms with E-state index in [9.17, 15) is 9.59 Å². The van der Waals surface area contributed by atoms with E-state index in [4.69, 9.17) is 5.11 Å². The van der Waals surface area contributed by atoms with Gasteiger partial charge in [0.15, 0.2) is 0 Å². The fourth-order valence-electron chi connectivity index (χ4n) is 0.690. The average molecular weight is 191 g/mol. The maximum Gasteiger partial charge on any atom is 0.303 e. The number of hydrogen-bond donors (Lipinski definition) is 2. The van der Waals surface area contributed by atoms with Gasteiger partial charge in [0.05, 0.1) is 0 Å². The van der Waals surface area contributed by atoms with Gasteiger partial charge in [-0.25, -0.2) is 0 Å². The van der Waals surface area contributed by atoms with Crippen molar-refractivity contribution in [3.63, 3.8) is 0 Å². The number of carbonyl (C=O) groups is 2. The molecule has 2 N–H and O–H groups in total. The zero-order valence-corrected chi connectivity index (χ0v) is 8.09. The van der Waals surface area contributed by atoms with E-state index in [0.717, 1.165) is 0 Å².